The molecule has 246 valence electrons. The van der Waals surface area contributed by atoms with Crippen molar-refractivity contribution >= 4 is 54.5 Å². The van der Waals surface area contributed by atoms with Gasteiger partial charge < -0.3 is 9.32 Å². The number of thiophene rings is 1. The van der Waals surface area contributed by atoms with Gasteiger partial charge in [0.25, 0.3) is 0 Å². The van der Waals surface area contributed by atoms with Gasteiger partial charge in [-0.2, -0.15) is 0 Å². The summed E-state index contributed by atoms with van der Waals surface area (Å²) in [6.07, 6.45) is 0. The van der Waals surface area contributed by atoms with Gasteiger partial charge in [-0.15, -0.1) is 11.3 Å². The smallest absolute Gasteiger partial charge is 0.142 e. The first-order valence-corrected chi connectivity index (χ1v) is 19.0. The topological polar surface area (TPSA) is 16.4 Å². The number of para-hydroxylation sites is 1. The Kier molecular flexibility index (Phi) is 5.82. The Bertz CT molecular complexity index is 2770. The van der Waals surface area contributed by atoms with Gasteiger partial charge in [-0.25, -0.2) is 0 Å². The summed E-state index contributed by atoms with van der Waals surface area (Å²) in [5.74, 6) is 1.47. The molecule has 8 aromatic rings. The van der Waals surface area contributed by atoms with E-state index in [-0.39, 0.29) is 11.8 Å². The van der Waals surface area contributed by atoms with Crippen molar-refractivity contribution in [1.82, 2.24) is 0 Å². The zero-order valence-electron chi connectivity index (χ0n) is 29.2. The fourth-order valence-corrected chi connectivity index (χ4v) is 12.0. The molecule has 11 rings (SSSR count). The van der Waals surface area contributed by atoms with Crippen LogP contribution in [-0.4, -0.2) is 0 Å². The average molecular weight is 676 g/mol. The van der Waals surface area contributed by atoms with Crippen LogP contribution in [0.1, 0.15) is 66.9 Å². The Hall–Kier alpha value is -5.38. The van der Waals surface area contributed by atoms with E-state index in [0.29, 0.717) is 0 Å². The molecule has 4 atom stereocenters. The summed E-state index contributed by atoms with van der Waals surface area (Å²) >= 11 is 1.99. The zero-order chi connectivity index (χ0) is 34.2. The van der Waals surface area contributed by atoms with Crippen LogP contribution >= 0.6 is 11.3 Å². The van der Waals surface area contributed by atoms with Gasteiger partial charge >= 0.3 is 0 Å². The molecule has 0 saturated heterocycles. The van der Waals surface area contributed by atoms with Crippen LogP contribution in [0.4, 0.5) is 11.4 Å². The molecule has 2 nitrogen and oxygen atoms in total. The van der Waals surface area contributed by atoms with Crippen LogP contribution in [-0.2, 0) is 11.0 Å². The molecule has 0 spiro atoms. The largest absolute Gasteiger partial charge is 0.459 e. The van der Waals surface area contributed by atoms with Crippen LogP contribution in [0.25, 0.3) is 43.0 Å². The summed E-state index contributed by atoms with van der Waals surface area (Å²) in [4.78, 5) is 4.14. The minimum absolute atomic E-state index is 0.114. The standard InChI is InChI=1S/C48H37NOS/c1-28-40-29(2)43-42(36-27-24-32-16-8-9-17-34(32)44(36)50-43)47(3)37-19-11-12-20-38(37)49(33-25-22-31(23-26-33)30-14-6-5-7-15-30)48(4,45(40)47)46-41(28)35-18-10-13-21-39(35)51-46/h5-29H,1-4H3. The van der Waals surface area contributed by atoms with Gasteiger partial charge in [-0.1, -0.05) is 129 Å². The van der Waals surface area contributed by atoms with Crippen molar-refractivity contribution in [1.29, 1.82) is 0 Å². The average Bonchev–Trinajstić information content (AvgIpc) is 3.78. The third-order valence-corrected chi connectivity index (χ3v) is 14.0. The molecule has 0 amide bonds. The Balaban J connectivity index is 1.27. The summed E-state index contributed by atoms with van der Waals surface area (Å²) in [5, 5.41) is 5.01. The molecule has 0 bridgehead atoms. The van der Waals surface area contributed by atoms with Crippen molar-refractivity contribution < 1.29 is 4.42 Å². The maximum atomic E-state index is 7.20. The number of nitrogens with zero attached hydrogens (tertiary/aromatic N) is 1. The van der Waals surface area contributed by atoms with E-state index < -0.39 is 11.0 Å². The van der Waals surface area contributed by atoms with Crippen LogP contribution in [0.2, 0.25) is 0 Å². The second-order valence-electron chi connectivity index (χ2n) is 15.1. The third-order valence-electron chi connectivity index (χ3n) is 12.6. The molecular formula is C48H37NOS. The molecule has 4 unspecified atom stereocenters. The van der Waals surface area contributed by atoms with Gasteiger partial charge in [0.1, 0.15) is 11.3 Å². The lowest BCUT2D eigenvalue weighted by Crippen LogP contribution is -2.56. The first-order chi connectivity index (χ1) is 24.9. The highest BCUT2D eigenvalue weighted by molar-refractivity contribution is 7.19. The monoisotopic (exact) mass is 675 g/mol. The Labute approximate surface area is 302 Å². The molecule has 1 aliphatic heterocycles. The van der Waals surface area contributed by atoms with Gasteiger partial charge in [-0.3, -0.25) is 0 Å². The molecule has 51 heavy (non-hydrogen) atoms. The number of fused-ring (bicyclic) bond motifs is 12. The normalized spacial score (nSPS) is 23.3. The third kappa shape index (κ3) is 3.57. The minimum atomic E-state index is -0.454. The van der Waals surface area contributed by atoms with Crippen molar-refractivity contribution in [2.75, 3.05) is 4.90 Å². The van der Waals surface area contributed by atoms with Gasteiger partial charge in [0.15, 0.2) is 0 Å². The molecule has 2 aromatic heterocycles. The molecule has 3 heteroatoms. The van der Waals surface area contributed by atoms with Crippen LogP contribution in [0.15, 0.2) is 155 Å². The second kappa shape index (κ2) is 10.1. The minimum Gasteiger partial charge on any atom is -0.459 e. The first-order valence-electron chi connectivity index (χ1n) is 18.2. The van der Waals surface area contributed by atoms with E-state index in [0.717, 1.165) is 11.3 Å². The van der Waals surface area contributed by atoms with E-state index in [1.165, 1.54) is 81.5 Å². The molecule has 0 N–H and O–H groups in total. The molecule has 2 aliphatic carbocycles. The van der Waals surface area contributed by atoms with Gasteiger partial charge in [0, 0.05) is 54.5 Å². The number of anilines is 2. The Morgan fingerprint density at radius 1 is 0.627 bits per heavy atom. The summed E-state index contributed by atoms with van der Waals surface area (Å²) in [7, 11) is 0. The lowest BCUT2D eigenvalue weighted by molar-refractivity contribution is 0.390. The fourth-order valence-electron chi connectivity index (χ4n) is 10.6. The SMILES string of the molecule is CC1C2=C3C(C)(c4ccccc4N(c4ccc(-c5ccccc5)cc4)C3(C)c3sc4ccccc4c3C2C)c2c1oc1c2ccc2ccccc21. The van der Waals surface area contributed by atoms with Crippen LogP contribution in [0.3, 0.4) is 0 Å². The highest BCUT2D eigenvalue weighted by Crippen LogP contribution is 2.70. The quantitative estimate of drug-likeness (QED) is 0.170. The molecule has 0 saturated carbocycles. The van der Waals surface area contributed by atoms with Gasteiger partial charge in [0.2, 0.25) is 0 Å². The molecule has 6 aromatic carbocycles. The van der Waals surface area contributed by atoms with E-state index in [1.807, 2.05) is 11.3 Å². The lowest BCUT2D eigenvalue weighted by Gasteiger charge is -2.60. The maximum Gasteiger partial charge on any atom is 0.142 e. The number of furan rings is 1. The molecule has 0 radical (unpaired) electrons. The molecule has 3 heterocycles. The van der Waals surface area contributed by atoms with E-state index in [9.17, 15) is 0 Å². The summed E-state index contributed by atoms with van der Waals surface area (Å²) in [5.41, 5.74) is 12.2. The van der Waals surface area contributed by atoms with Crippen molar-refractivity contribution in [3.8, 4) is 11.1 Å². The van der Waals surface area contributed by atoms with Gasteiger partial charge in [0.05, 0.1) is 5.54 Å². The number of hydrogen-bond acceptors (Lipinski definition) is 3. The van der Waals surface area contributed by atoms with Crippen LogP contribution in [0.5, 0.6) is 0 Å². The van der Waals surface area contributed by atoms with E-state index in [1.54, 1.807) is 0 Å². The van der Waals surface area contributed by atoms with Crippen LogP contribution in [0, 0.1) is 0 Å². The van der Waals surface area contributed by atoms with Crippen LogP contribution < -0.4 is 4.90 Å². The number of hydrogen-bond donors (Lipinski definition) is 0. The van der Waals surface area contributed by atoms with Gasteiger partial charge in [-0.05, 0) is 82.3 Å². The van der Waals surface area contributed by atoms with E-state index in [4.69, 9.17) is 4.42 Å². The summed E-state index contributed by atoms with van der Waals surface area (Å²) < 4.78 is 8.55. The maximum absolute atomic E-state index is 7.20. The van der Waals surface area contributed by atoms with Crippen molar-refractivity contribution in [2.24, 2.45) is 0 Å². The second-order valence-corrected chi connectivity index (χ2v) is 16.1. The Morgan fingerprint density at radius 3 is 2.14 bits per heavy atom. The van der Waals surface area contributed by atoms with E-state index >= 15 is 0 Å². The van der Waals surface area contributed by atoms with Crippen molar-refractivity contribution in [3.63, 3.8) is 0 Å². The van der Waals surface area contributed by atoms with Crippen molar-refractivity contribution in [2.45, 2.75) is 50.5 Å². The number of rotatable bonds is 2. The number of benzene rings is 6. The predicted molar refractivity (Wildman–Crippen MR) is 214 cm³/mol. The predicted octanol–water partition coefficient (Wildman–Crippen LogP) is 13.4. The zero-order valence-corrected chi connectivity index (χ0v) is 30.0. The Morgan fingerprint density at radius 2 is 1.31 bits per heavy atom. The number of allylic oxidation sites excluding steroid dienone is 1. The summed E-state index contributed by atoms with van der Waals surface area (Å²) in [6, 6.07) is 51.5. The molecule has 3 aliphatic rings. The van der Waals surface area contributed by atoms with Crippen molar-refractivity contribution in [3.05, 3.63) is 178 Å². The summed E-state index contributed by atoms with van der Waals surface area (Å²) in [6.45, 7) is 9.90. The highest BCUT2D eigenvalue weighted by Gasteiger charge is 2.62. The van der Waals surface area contributed by atoms with E-state index in [2.05, 4.69) is 172 Å². The fraction of sp³-hybridized carbons (Fsp3) is 0.167. The molecular weight excluding hydrogens is 639 g/mol. The first kappa shape index (κ1) is 29.4. The molecule has 0 fully saturated rings. The lowest BCUT2D eigenvalue weighted by atomic mass is 9.51. The highest BCUT2D eigenvalue weighted by atomic mass is 32.1.